The maximum absolute atomic E-state index is 12.8. The van der Waals surface area contributed by atoms with Crippen molar-refractivity contribution in [2.45, 2.75) is 32.7 Å². The number of carbonyl (C=O) groups is 2. The number of carbonyl (C=O) groups excluding carboxylic acids is 2. The predicted octanol–water partition coefficient (Wildman–Crippen LogP) is 4.42. The summed E-state index contributed by atoms with van der Waals surface area (Å²) in [5.41, 5.74) is 0.862. The largest absolute Gasteiger partial charge is 0.464 e. The van der Waals surface area contributed by atoms with Gasteiger partial charge < -0.3 is 9.64 Å². The van der Waals surface area contributed by atoms with Crippen LogP contribution in [0.2, 0.25) is 5.02 Å². The van der Waals surface area contributed by atoms with Crippen molar-refractivity contribution in [2.75, 3.05) is 13.7 Å². The smallest absolute Gasteiger partial charge is 0.357 e. The number of benzene rings is 1. The molecule has 5 nitrogen and oxygen atoms in total. The van der Waals surface area contributed by atoms with Crippen molar-refractivity contribution in [3.05, 3.63) is 50.9 Å². The number of amides is 1. The molecule has 1 heterocycles. The van der Waals surface area contributed by atoms with E-state index in [0.29, 0.717) is 28.7 Å². The van der Waals surface area contributed by atoms with Crippen LogP contribution in [0.5, 0.6) is 0 Å². The fourth-order valence-corrected chi connectivity index (χ4v) is 3.23. The molecule has 2 aromatic rings. The van der Waals surface area contributed by atoms with Crippen molar-refractivity contribution in [2.24, 2.45) is 0 Å². The lowest BCUT2D eigenvalue weighted by Gasteiger charge is -2.21. The second kappa shape index (κ2) is 9.53. The van der Waals surface area contributed by atoms with E-state index in [4.69, 9.17) is 11.6 Å². The van der Waals surface area contributed by atoms with Gasteiger partial charge in [-0.25, -0.2) is 9.78 Å². The van der Waals surface area contributed by atoms with Gasteiger partial charge in [0.25, 0.3) is 5.91 Å². The Balaban J connectivity index is 2.14. The Morgan fingerprint density at radius 2 is 1.96 bits per heavy atom. The van der Waals surface area contributed by atoms with Gasteiger partial charge in [-0.3, -0.25) is 4.79 Å². The number of halogens is 1. The molecule has 1 aromatic heterocycles. The number of unbranched alkanes of at least 4 members (excludes halogenated alkanes) is 2. The lowest BCUT2D eigenvalue weighted by molar-refractivity contribution is 0.0594. The Morgan fingerprint density at radius 1 is 1.24 bits per heavy atom. The maximum atomic E-state index is 12.8. The summed E-state index contributed by atoms with van der Waals surface area (Å²) in [6.45, 7) is 3.13. The molecule has 0 atom stereocenters. The highest BCUT2D eigenvalue weighted by atomic mass is 35.5. The first-order valence-electron chi connectivity index (χ1n) is 8.12. The minimum Gasteiger partial charge on any atom is -0.464 e. The highest BCUT2D eigenvalue weighted by Gasteiger charge is 2.19. The zero-order chi connectivity index (χ0) is 18.2. The van der Waals surface area contributed by atoms with Gasteiger partial charge in [-0.05, 0) is 30.7 Å². The van der Waals surface area contributed by atoms with Crippen molar-refractivity contribution >= 4 is 34.8 Å². The summed E-state index contributed by atoms with van der Waals surface area (Å²) in [7, 11) is 1.32. The topological polar surface area (TPSA) is 59.5 Å². The van der Waals surface area contributed by atoms with Crippen LogP contribution >= 0.6 is 22.9 Å². The first-order chi connectivity index (χ1) is 12.0. The minimum absolute atomic E-state index is 0.0670. The number of nitrogens with zero attached hydrogens (tertiary/aromatic N) is 2. The van der Waals surface area contributed by atoms with Gasteiger partial charge in [0, 0.05) is 22.5 Å². The van der Waals surface area contributed by atoms with Gasteiger partial charge >= 0.3 is 5.97 Å². The predicted molar refractivity (Wildman–Crippen MR) is 99.2 cm³/mol. The summed E-state index contributed by atoms with van der Waals surface area (Å²) < 4.78 is 4.67. The van der Waals surface area contributed by atoms with E-state index in [9.17, 15) is 9.59 Å². The average Bonchev–Trinajstić information content (AvgIpc) is 3.09. The van der Waals surface area contributed by atoms with Gasteiger partial charge in [-0.1, -0.05) is 31.4 Å². The van der Waals surface area contributed by atoms with Crippen molar-refractivity contribution in [3.63, 3.8) is 0 Å². The van der Waals surface area contributed by atoms with E-state index in [0.717, 1.165) is 19.3 Å². The quantitative estimate of drug-likeness (QED) is 0.502. The number of thiazole rings is 1. The first-order valence-corrected chi connectivity index (χ1v) is 9.38. The van der Waals surface area contributed by atoms with Crippen molar-refractivity contribution in [1.82, 2.24) is 9.88 Å². The van der Waals surface area contributed by atoms with Crippen molar-refractivity contribution < 1.29 is 14.3 Å². The normalized spacial score (nSPS) is 10.5. The Labute approximate surface area is 156 Å². The molecular weight excluding hydrogens is 360 g/mol. The zero-order valence-electron chi connectivity index (χ0n) is 14.3. The molecule has 0 saturated heterocycles. The van der Waals surface area contributed by atoms with Gasteiger partial charge in [0.05, 0.1) is 13.7 Å². The standard InChI is InChI=1S/C18H21ClN2O3S/c1-3-4-5-10-21(17(22)13-6-8-14(19)9-7-13)11-16-20-15(12-25-16)18(23)24-2/h6-9,12H,3-5,10-11H2,1-2H3. The molecular formula is C18H21ClN2O3S. The zero-order valence-corrected chi connectivity index (χ0v) is 15.9. The summed E-state index contributed by atoms with van der Waals surface area (Å²) in [4.78, 5) is 30.4. The number of hydrogen-bond acceptors (Lipinski definition) is 5. The molecule has 0 unspecified atom stereocenters. The second-order valence-electron chi connectivity index (χ2n) is 5.56. The molecule has 2 rings (SSSR count). The molecule has 0 saturated carbocycles. The third-order valence-electron chi connectivity index (χ3n) is 3.68. The second-order valence-corrected chi connectivity index (χ2v) is 6.94. The molecule has 1 aromatic carbocycles. The highest BCUT2D eigenvalue weighted by molar-refractivity contribution is 7.09. The third-order valence-corrected chi connectivity index (χ3v) is 4.77. The molecule has 25 heavy (non-hydrogen) atoms. The van der Waals surface area contributed by atoms with E-state index in [1.165, 1.54) is 18.4 Å². The maximum Gasteiger partial charge on any atom is 0.357 e. The lowest BCUT2D eigenvalue weighted by atomic mass is 10.2. The van der Waals surface area contributed by atoms with Gasteiger partial charge in [0.2, 0.25) is 0 Å². The molecule has 0 bridgehead atoms. The summed E-state index contributed by atoms with van der Waals surface area (Å²) in [5.74, 6) is -0.536. The van der Waals surface area contributed by atoms with E-state index in [-0.39, 0.29) is 11.6 Å². The molecule has 0 aliphatic carbocycles. The molecule has 0 spiro atoms. The molecule has 1 amide bonds. The molecule has 0 aliphatic rings. The van der Waals surface area contributed by atoms with E-state index < -0.39 is 5.97 Å². The van der Waals surface area contributed by atoms with Crippen LogP contribution in [0.15, 0.2) is 29.6 Å². The van der Waals surface area contributed by atoms with Gasteiger partial charge in [-0.15, -0.1) is 11.3 Å². The minimum atomic E-state index is -0.468. The molecule has 134 valence electrons. The molecule has 0 N–H and O–H groups in total. The number of hydrogen-bond donors (Lipinski definition) is 0. The fraction of sp³-hybridized carbons (Fsp3) is 0.389. The number of esters is 1. The highest BCUT2D eigenvalue weighted by Crippen LogP contribution is 2.17. The molecule has 0 radical (unpaired) electrons. The SMILES string of the molecule is CCCCCN(Cc1nc(C(=O)OC)cs1)C(=O)c1ccc(Cl)cc1. The number of aromatic nitrogens is 1. The molecule has 0 fully saturated rings. The van der Waals surface area contributed by atoms with Gasteiger partial charge in [-0.2, -0.15) is 0 Å². The van der Waals surface area contributed by atoms with Gasteiger partial charge in [0.15, 0.2) is 5.69 Å². The summed E-state index contributed by atoms with van der Waals surface area (Å²) in [5, 5.41) is 2.95. The van der Waals surface area contributed by atoms with Crippen molar-refractivity contribution in [3.8, 4) is 0 Å². The van der Waals surface area contributed by atoms with Gasteiger partial charge in [0.1, 0.15) is 5.01 Å². The van der Waals surface area contributed by atoms with Crippen LogP contribution in [-0.4, -0.2) is 35.4 Å². The van der Waals surface area contributed by atoms with Crippen LogP contribution < -0.4 is 0 Å². The van der Waals surface area contributed by atoms with Crippen LogP contribution in [0.1, 0.15) is 52.0 Å². The Bertz CT molecular complexity index is 715. The first kappa shape index (κ1) is 19.4. The van der Waals surface area contributed by atoms with E-state index >= 15 is 0 Å². The fourth-order valence-electron chi connectivity index (χ4n) is 2.33. The molecule has 0 aliphatic heterocycles. The summed E-state index contributed by atoms with van der Waals surface area (Å²) in [6, 6.07) is 6.86. The van der Waals surface area contributed by atoms with Crippen molar-refractivity contribution in [1.29, 1.82) is 0 Å². The lowest BCUT2D eigenvalue weighted by Crippen LogP contribution is -2.31. The van der Waals surface area contributed by atoms with Crippen LogP contribution in [-0.2, 0) is 11.3 Å². The number of methoxy groups -OCH3 is 1. The Hall–Kier alpha value is -1.92. The Morgan fingerprint density at radius 3 is 2.60 bits per heavy atom. The van der Waals surface area contributed by atoms with E-state index in [2.05, 4.69) is 16.6 Å². The van der Waals surface area contributed by atoms with Crippen LogP contribution in [0.3, 0.4) is 0 Å². The number of rotatable bonds is 8. The Kier molecular flexibility index (Phi) is 7.40. The summed E-state index contributed by atoms with van der Waals surface area (Å²) in [6.07, 6.45) is 3.05. The third kappa shape index (κ3) is 5.54. The van der Waals surface area contributed by atoms with Crippen LogP contribution in [0.4, 0.5) is 0 Å². The van der Waals surface area contributed by atoms with Crippen LogP contribution in [0, 0.1) is 0 Å². The number of ether oxygens (including phenoxy) is 1. The average molecular weight is 381 g/mol. The van der Waals surface area contributed by atoms with Crippen LogP contribution in [0.25, 0.3) is 0 Å². The molecule has 7 heteroatoms. The monoisotopic (exact) mass is 380 g/mol. The summed E-state index contributed by atoms with van der Waals surface area (Å²) >= 11 is 7.25. The van der Waals surface area contributed by atoms with E-state index in [1.807, 2.05) is 0 Å². The van der Waals surface area contributed by atoms with E-state index in [1.54, 1.807) is 34.5 Å².